The molecular formula is C22H15N5. The average Bonchev–Trinajstić information content (AvgIpc) is 3.41. The number of hydrogen-bond donors (Lipinski definition) is 1. The highest BCUT2D eigenvalue weighted by Crippen LogP contribution is 2.14. The minimum Gasteiger partial charge on any atom is -0.355 e. The lowest BCUT2D eigenvalue weighted by Gasteiger charge is -1.89. The first-order chi connectivity index (χ1) is 13.3. The predicted molar refractivity (Wildman–Crippen MR) is 109 cm³/mol. The van der Waals surface area contributed by atoms with E-state index < -0.39 is 0 Å². The van der Waals surface area contributed by atoms with Crippen LogP contribution in [0, 0.1) is 0 Å². The molecule has 2 aliphatic heterocycles. The van der Waals surface area contributed by atoms with Gasteiger partial charge in [0.1, 0.15) is 0 Å². The second kappa shape index (κ2) is 6.46. The summed E-state index contributed by atoms with van der Waals surface area (Å²) in [7, 11) is 0. The fourth-order valence-corrected chi connectivity index (χ4v) is 2.96. The lowest BCUT2D eigenvalue weighted by molar-refractivity contribution is 1.26. The molecule has 1 aromatic carbocycles. The Bertz CT molecular complexity index is 1180. The maximum Gasteiger partial charge on any atom is 0.0887 e. The molecular weight excluding hydrogens is 334 g/mol. The number of nitrogens with one attached hydrogen (secondary N) is 1. The SMILES string of the molecule is C1=Cc2cc3ccc(cc4nc(cnc5ccccc5ncc1n2)C=C4)[nH]3. The Hall–Kier alpha value is -3.86. The number of rotatable bonds is 0. The van der Waals surface area contributed by atoms with E-state index in [0.29, 0.717) is 0 Å². The van der Waals surface area contributed by atoms with Gasteiger partial charge in [-0.15, -0.1) is 0 Å². The Morgan fingerprint density at radius 1 is 0.556 bits per heavy atom. The fourth-order valence-electron chi connectivity index (χ4n) is 2.96. The summed E-state index contributed by atoms with van der Waals surface area (Å²) in [5.74, 6) is 0. The minimum atomic E-state index is 0.790. The maximum atomic E-state index is 4.59. The summed E-state index contributed by atoms with van der Waals surface area (Å²) in [6.45, 7) is 0. The van der Waals surface area contributed by atoms with Crippen molar-refractivity contribution in [3.05, 3.63) is 83.7 Å². The highest BCUT2D eigenvalue weighted by molar-refractivity contribution is 5.76. The van der Waals surface area contributed by atoms with Crippen LogP contribution in [-0.4, -0.2) is 24.9 Å². The zero-order chi connectivity index (χ0) is 18.1. The lowest BCUT2D eigenvalue weighted by Crippen LogP contribution is -1.79. The van der Waals surface area contributed by atoms with Gasteiger partial charge in [-0.1, -0.05) is 12.1 Å². The van der Waals surface area contributed by atoms with Gasteiger partial charge in [-0.25, -0.2) is 9.97 Å². The molecule has 27 heavy (non-hydrogen) atoms. The molecule has 5 heteroatoms. The molecule has 2 aromatic heterocycles. The molecule has 0 radical (unpaired) electrons. The third-order valence-electron chi connectivity index (χ3n) is 4.26. The van der Waals surface area contributed by atoms with Crippen molar-refractivity contribution in [3.63, 3.8) is 0 Å². The lowest BCUT2D eigenvalue weighted by atomic mass is 10.3. The van der Waals surface area contributed by atoms with Gasteiger partial charge in [0.15, 0.2) is 0 Å². The van der Waals surface area contributed by atoms with Crippen LogP contribution in [0.3, 0.4) is 0 Å². The molecule has 0 amide bonds. The van der Waals surface area contributed by atoms with Crippen LogP contribution in [0.25, 0.3) is 46.4 Å². The number of H-pyrrole nitrogens is 1. The molecule has 5 rings (SSSR count). The summed E-state index contributed by atoms with van der Waals surface area (Å²) in [6.07, 6.45) is 11.4. The van der Waals surface area contributed by atoms with Gasteiger partial charge in [0, 0.05) is 11.0 Å². The second-order valence-corrected chi connectivity index (χ2v) is 6.25. The maximum absolute atomic E-state index is 4.59. The average molecular weight is 349 g/mol. The van der Waals surface area contributed by atoms with E-state index in [1.165, 1.54) is 0 Å². The molecule has 0 spiro atoms. The van der Waals surface area contributed by atoms with Crippen LogP contribution in [0.4, 0.5) is 0 Å². The fraction of sp³-hybridized carbons (Fsp3) is 0. The zero-order valence-electron chi connectivity index (χ0n) is 14.4. The first-order valence-electron chi connectivity index (χ1n) is 8.65. The van der Waals surface area contributed by atoms with Crippen molar-refractivity contribution in [2.45, 2.75) is 0 Å². The molecule has 0 aliphatic carbocycles. The Kier molecular flexibility index (Phi) is 3.68. The normalized spacial score (nSPS) is 12.1. The molecule has 2 aliphatic rings. The second-order valence-electron chi connectivity index (χ2n) is 6.25. The largest absolute Gasteiger partial charge is 0.355 e. The number of aromatic nitrogens is 5. The molecule has 1 N–H and O–H groups in total. The summed E-state index contributed by atoms with van der Waals surface area (Å²) in [4.78, 5) is 21.7. The first kappa shape index (κ1) is 15.4. The highest BCUT2D eigenvalue weighted by atomic mass is 14.8. The smallest absolute Gasteiger partial charge is 0.0887 e. The van der Waals surface area contributed by atoms with E-state index >= 15 is 0 Å². The molecule has 0 fully saturated rings. The topological polar surface area (TPSA) is 67.3 Å². The van der Waals surface area contributed by atoms with E-state index in [9.17, 15) is 0 Å². The van der Waals surface area contributed by atoms with Gasteiger partial charge in [-0.05, 0) is 60.7 Å². The third-order valence-corrected chi connectivity index (χ3v) is 4.26. The van der Waals surface area contributed by atoms with Crippen molar-refractivity contribution in [3.8, 4) is 0 Å². The first-order valence-corrected chi connectivity index (χ1v) is 8.65. The Balaban J connectivity index is 1.82. The van der Waals surface area contributed by atoms with Crippen LogP contribution in [0.2, 0.25) is 0 Å². The Morgan fingerprint density at radius 3 is 1.56 bits per heavy atom. The van der Waals surface area contributed by atoms with Crippen LogP contribution in [-0.2, 0) is 0 Å². The van der Waals surface area contributed by atoms with Gasteiger partial charge in [-0.2, -0.15) is 0 Å². The Morgan fingerprint density at radius 2 is 1.04 bits per heavy atom. The molecule has 0 unspecified atom stereocenters. The van der Waals surface area contributed by atoms with E-state index in [-0.39, 0.29) is 0 Å². The minimum absolute atomic E-state index is 0.790. The number of benzene rings is 1. The van der Waals surface area contributed by atoms with E-state index in [2.05, 4.69) is 24.9 Å². The van der Waals surface area contributed by atoms with Gasteiger partial charge >= 0.3 is 0 Å². The van der Waals surface area contributed by atoms with Crippen molar-refractivity contribution < 1.29 is 0 Å². The summed E-state index contributed by atoms with van der Waals surface area (Å²) in [5.41, 5.74) is 6.95. The van der Waals surface area contributed by atoms with Crippen LogP contribution in [0.15, 0.2) is 60.9 Å². The quantitative estimate of drug-likeness (QED) is 0.441. The molecule has 0 saturated carbocycles. The number of para-hydroxylation sites is 2. The summed E-state index contributed by atoms with van der Waals surface area (Å²) < 4.78 is 0. The van der Waals surface area contributed by atoms with Crippen molar-refractivity contribution in [2.24, 2.45) is 0 Å². The van der Waals surface area contributed by atoms with E-state index in [1.54, 1.807) is 12.4 Å². The van der Waals surface area contributed by atoms with E-state index in [1.807, 2.05) is 72.8 Å². The van der Waals surface area contributed by atoms with Crippen LogP contribution in [0.5, 0.6) is 0 Å². The van der Waals surface area contributed by atoms with Gasteiger partial charge in [-0.3, -0.25) is 9.97 Å². The third kappa shape index (κ3) is 3.30. The molecule has 0 atom stereocenters. The van der Waals surface area contributed by atoms with Gasteiger partial charge in [0.05, 0.1) is 46.2 Å². The Labute approximate surface area is 155 Å². The molecule has 4 heterocycles. The molecule has 3 aromatic rings. The van der Waals surface area contributed by atoms with Gasteiger partial charge < -0.3 is 4.98 Å². The van der Waals surface area contributed by atoms with Crippen molar-refractivity contribution in [1.82, 2.24) is 24.9 Å². The summed E-state index contributed by atoms with van der Waals surface area (Å²) in [6, 6.07) is 15.8. The van der Waals surface area contributed by atoms with E-state index in [0.717, 1.165) is 44.8 Å². The van der Waals surface area contributed by atoms with E-state index in [4.69, 9.17) is 0 Å². The number of nitrogens with zero attached hydrogens (tertiary/aromatic N) is 4. The summed E-state index contributed by atoms with van der Waals surface area (Å²) in [5, 5.41) is 0. The molecule has 6 bridgehead atoms. The molecule has 128 valence electrons. The summed E-state index contributed by atoms with van der Waals surface area (Å²) >= 11 is 0. The van der Waals surface area contributed by atoms with Crippen LogP contribution >= 0.6 is 0 Å². The van der Waals surface area contributed by atoms with Crippen molar-refractivity contribution >= 4 is 46.4 Å². The highest BCUT2D eigenvalue weighted by Gasteiger charge is 2.00. The van der Waals surface area contributed by atoms with Crippen LogP contribution < -0.4 is 0 Å². The monoisotopic (exact) mass is 349 g/mol. The van der Waals surface area contributed by atoms with Gasteiger partial charge in [0.2, 0.25) is 0 Å². The van der Waals surface area contributed by atoms with Crippen LogP contribution in [0.1, 0.15) is 22.8 Å². The van der Waals surface area contributed by atoms with Gasteiger partial charge in [0.25, 0.3) is 0 Å². The number of hydrogen-bond acceptors (Lipinski definition) is 4. The molecule has 0 saturated heterocycles. The van der Waals surface area contributed by atoms with Crippen molar-refractivity contribution in [2.75, 3.05) is 0 Å². The zero-order valence-corrected chi connectivity index (χ0v) is 14.4. The standard InChI is InChI=1S/C22H15N5/c1-2-4-22-21(3-1)23-13-19-9-7-17(26-19)11-15-5-6-16(25-15)12-18-8-10-20(27-18)14-24-22/h1-14,25H. The number of aromatic amines is 1. The predicted octanol–water partition coefficient (Wildman–Crippen LogP) is 4.68. The molecule has 5 nitrogen and oxygen atoms in total. The number of fused-ring (bicyclic) bond motifs is 7. The van der Waals surface area contributed by atoms with Crippen molar-refractivity contribution in [1.29, 1.82) is 0 Å².